The third-order valence-electron chi connectivity index (χ3n) is 4.87. The van der Waals surface area contributed by atoms with E-state index in [1.165, 1.54) is 16.8 Å². The van der Waals surface area contributed by atoms with Gasteiger partial charge in [-0.3, -0.25) is 9.89 Å². The number of rotatable bonds is 2. The first-order valence-electron chi connectivity index (χ1n) is 8.63. The molecule has 1 aliphatic rings. The van der Waals surface area contributed by atoms with E-state index in [2.05, 4.69) is 9.84 Å². The second-order valence-corrected chi connectivity index (χ2v) is 7.76. The van der Waals surface area contributed by atoms with Crippen LogP contribution in [0.1, 0.15) is 25.5 Å². The maximum Gasteiger partial charge on any atom is 0.573 e. The molecule has 2 atom stereocenters. The van der Waals surface area contributed by atoms with Gasteiger partial charge in [0, 0.05) is 10.6 Å². The fraction of sp³-hybridized carbons (Fsp3) is 0.316. The first-order valence-corrected chi connectivity index (χ1v) is 9.00. The molecule has 0 saturated carbocycles. The number of aliphatic hydroxyl groups excluding tert-OH is 1. The molecule has 2 aromatic carbocycles. The highest BCUT2D eigenvalue weighted by Gasteiger charge is 2.45. The summed E-state index contributed by atoms with van der Waals surface area (Å²) in [4.78, 5) is 12.9. The molecule has 4 rings (SSSR count). The topological polar surface area (TPSA) is 76.5 Å². The van der Waals surface area contributed by atoms with E-state index < -0.39 is 35.4 Å². The van der Waals surface area contributed by atoms with Crippen molar-refractivity contribution >= 4 is 22.5 Å². The third-order valence-corrected chi connectivity index (χ3v) is 5.10. The number of ether oxygens (including phenoxy) is 2. The molecule has 29 heavy (non-hydrogen) atoms. The summed E-state index contributed by atoms with van der Waals surface area (Å²) in [7, 11) is 0. The Labute approximate surface area is 167 Å². The average Bonchev–Trinajstić information content (AvgIpc) is 2.91. The van der Waals surface area contributed by atoms with Crippen molar-refractivity contribution in [3.63, 3.8) is 0 Å². The summed E-state index contributed by atoms with van der Waals surface area (Å²) in [5.74, 6) is -0.243. The number of alkyl halides is 3. The maximum atomic E-state index is 12.9. The largest absolute Gasteiger partial charge is 0.573 e. The number of nitrogens with one attached hydrogen (secondary N) is 1. The summed E-state index contributed by atoms with van der Waals surface area (Å²) in [5.41, 5.74) is -0.952. The number of nitrogens with zero attached hydrogens (tertiary/aromatic N) is 1. The molecular weight excluding hydrogens is 413 g/mol. The van der Waals surface area contributed by atoms with Crippen molar-refractivity contribution in [3.8, 4) is 11.5 Å². The van der Waals surface area contributed by atoms with Gasteiger partial charge in [-0.1, -0.05) is 11.6 Å². The van der Waals surface area contributed by atoms with Gasteiger partial charge in [-0.25, -0.2) is 4.68 Å². The van der Waals surface area contributed by atoms with Crippen LogP contribution in [-0.2, 0) is 0 Å². The van der Waals surface area contributed by atoms with Gasteiger partial charge in [-0.05, 0) is 50.2 Å². The first kappa shape index (κ1) is 19.7. The lowest BCUT2D eigenvalue weighted by atomic mass is 9.86. The van der Waals surface area contributed by atoms with Crippen molar-refractivity contribution in [1.82, 2.24) is 9.78 Å². The molecule has 0 radical (unpaired) electrons. The van der Waals surface area contributed by atoms with E-state index in [1.807, 2.05) is 0 Å². The zero-order chi connectivity index (χ0) is 21.1. The van der Waals surface area contributed by atoms with Crippen molar-refractivity contribution in [2.24, 2.45) is 0 Å². The molecule has 0 bridgehead atoms. The molecule has 3 aromatic rings. The van der Waals surface area contributed by atoms with Crippen LogP contribution in [0.3, 0.4) is 0 Å². The Morgan fingerprint density at radius 1 is 1.24 bits per heavy atom. The van der Waals surface area contributed by atoms with Crippen molar-refractivity contribution in [1.29, 1.82) is 0 Å². The Balaban J connectivity index is 1.92. The molecule has 154 valence electrons. The predicted molar refractivity (Wildman–Crippen MR) is 99.5 cm³/mol. The molecule has 0 saturated heterocycles. The van der Waals surface area contributed by atoms with Crippen molar-refractivity contribution in [2.45, 2.75) is 38.0 Å². The molecule has 2 heterocycles. The highest BCUT2D eigenvalue weighted by Crippen LogP contribution is 2.43. The number of hydrogen-bond donors (Lipinski definition) is 2. The summed E-state index contributed by atoms with van der Waals surface area (Å²) in [6.07, 6.45) is -6.14. The van der Waals surface area contributed by atoms with Gasteiger partial charge in [0.2, 0.25) is 0 Å². The van der Waals surface area contributed by atoms with Crippen LogP contribution in [0.15, 0.2) is 41.2 Å². The van der Waals surface area contributed by atoms with Gasteiger partial charge in [-0.2, -0.15) is 0 Å². The Bertz CT molecular complexity index is 1150. The SMILES string of the molecule is CC1(C)Oc2ccc(OC(F)(F)F)cc2C(n2[nH]c3cc(Cl)ccc3c2=O)C1O. The van der Waals surface area contributed by atoms with Gasteiger partial charge in [0.15, 0.2) is 0 Å². The summed E-state index contributed by atoms with van der Waals surface area (Å²) >= 11 is 5.98. The minimum Gasteiger partial charge on any atom is -0.485 e. The Morgan fingerprint density at radius 3 is 2.66 bits per heavy atom. The quantitative estimate of drug-likeness (QED) is 0.647. The van der Waals surface area contributed by atoms with Crippen LogP contribution in [0.4, 0.5) is 13.2 Å². The van der Waals surface area contributed by atoms with Crippen LogP contribution >= 0.6 is 11.6 Å². The highest BCUT2D eigenvalue weighted by molar-refractivity contribution is 6.31. The van der Waals surface area contributed by atoms with E-state index in [0.717, 1.165) is 12.1 Å². The van der Waals surface area contributed by atoms with Crippen LogP contribution in [0.2, 0.25) is 5.02 Å². The lowest BCUT2D eigenvalue weighted by molar-refractivity contribution is -0.274. The molecule has 1 aliphatic heterocycles. The zero-order valence-corrected chi connectivity index (χ0v) is 16.0. The summed E-state index contributed by atoms with van der Waals surface area (Å²) in [5, 5.41) is 14.6. The molecule has 2 N–H and O–H groups in total. The van der Waals surface area contributed by atoms with Gasteiger partial charge < -0.3 is 14.6 Å². The van der Waals surface area contributed by atoms with Gasteiger partial charge in [-0.15, -0.1) is 13.2 Å². The standard InChI is InChI=1S/C19H16ClF3N2O4/c1-18(2)16(26)15(25-17(27)11-5-3-9(20)7-13(11)24-25)12-8-10(28-19(21,22)23)4-6-14(12)29-18/h3-8,15-16,24,26H,1-2H3. The monoisotopic (exact) mass is 428 g/mol. The number of benzene rings is 2. The molecule has 2 unspecified atom stereocenters. The Morgan fingerprint density at radius 2 is 1.97 bits per heavy atom. The van der Waals surface area contributed by atoms with E-state index in [4.69, 9.17) is 16.3 Å². The molecule has 10 heteroatoms. The third kappa shape index (κ3) is 3.44. The number of hydrogen-bond acceptors (Lipinski definition) is 4. The predicted octanol–water partition coefficient (Wildman–Crippen LogP) is 4.00. The minimum absolute atomic E-state index is 0.179. The number of H-pyrrole nitrogens is 1. The van der Waals surface area contributed by atoms with E-state index in [9.17, 15) is 23.1 Å². The second-order valence-electron chi connectivity index (χ2n) is 7.32. The van der Waals surface area contributed by atoms with Gasteiger partial charge in [0.1, 0.15) is 29.2 Å². The van der Waals surface area contributed by atoms with Gasteiger partial charge in [0.05, 0.1) is 10.9 Å². The van der Waals surface area contributed by atoms with Gasteiger partial charge >= 0.3 is 6.36 Å². The number of halogens is 4. The van der Waals surface area contributed by atoms with Crippen molar-refractivity contribution < 1.29 is 27.8 Å². The van der Waals surface area contributed by atoms with Crippen molar-refractivity contribution in [3.05, 3.63) is 57.3 Å². The molecule has 0 fully saturated rings. The Kier molecular flexibility index (Phi) is 4.36. The molecule has 0 aliphatic carbocycles. The lowest BCUT2D eigenvalue weighted by Crippen LogP contribution is -2.52. The number of aliphatic hydroxyl groups is 1. The van der Waals surface area contributed by atoms with Crippen LogP contribution in [-0.4, -0.2) is 33.0 Å². The number of aromatic amines is 1. The van der Waals surface area contributed by atoms with Crippen LogP contribution in [0, 0.1) is 0 Å². The van der Waals surface area contributed by atoms with Crippen molar-refractivity contribution in [2.75, 3.05) is 0 Å². The summed E-state index contributed by atoms with van der Waals surface area (Å²) in [6, 6.07) is 7.15. The van der Waals surface area contributed by atoms with E-state index in [0.29, 0.717) is 15.9 Å². The number of fused-ring (bicyclic) bond motifs is 2. The molecular formula is C19H16ClF3N2O4. The lowest BCUT2D eigenvalue weighted by Gasteiger charge is -2.42. The second kappa shape index (κ2) is 6.43. The van der Waals surface area contributed by atoms with Crippen LogP contribution < -0.4 is 15.0 Å². The normalized spacial score (nSPS) is 20.9. The molecule has 1 aromatic heterocycles. The highest BCUT2D eigenvalue weighted by atomic mass is 35.5. The zero-order valence-electron chi connectivity index (χ0n) is 15.2. The summed E-state index contributed by atoms with van der Waals surface area (Å²) < 4.78 is 48.9. The van der Waals surface area contributed by atoms with Crippen LogP contribution in [0.5, 0.6) is 11.5 Å². The fourth-order valence-electron chi connectivity index (χ4n) is 3.52. The van der Waals surface area contributed by atoms with Gasteiger partial charge in [0.25, 0.3) is 5.56 Å². The first-order chi connectivity index (χ1) is 13.5. The minimum atomic E-state index is -4.88. The fourth-order valence-corrected chi connectivity index (χ4v) is 3.70. The molecule has 6 nitrogen and oxygen atoms in total. The average molecular weight is 429 g/mol. The smallest absolute Gasteiger partial charge is 0.485 e. The Hall–Kier alpha value is -2.65. The van der Waals surface area contributed by atoms with Crippen LogP contribution in [0.25, 0.3) is 10.9 Å². The van der Waals surface area contributed by atoms with E-state index in [-0.39, 0.29) is 11.3 Å². The van der Waals surface area contributed by atoms with E-state index >= 15 is 0 Å². The maximum absolute atomic E-state index is 12.9. The molecule has 0 spiro atoms. The number of aromatic nitrogens is 2. The van der Waals surface area contributed by atoms with E-state index in [1.54, 1.807) is 26.0 Å². The molecule has 0 amide bonds. The summed E-state index contributed by atoms with van der Waals surface area (Å²) in [6.45, 7) is 3.25.